The second-order valence-corrected chi connectivity index (χ2v) is 6.53. The molecule has 0 aromatic rings. The minimum absolute atomic E-state index is 0. The second kappa shape index (κ2) is 11.7. The van der Waals surface area contributed by atoms with Gasteiger partial charge in [-0.05, 0) is 30.2 Å². The van der Waals surface area contributed by atoms with Crippen LogP contribution >= 0.6 is 10.8 Å². The Kier molecular flexibility index (Phi) is 14.5. The maximum atomic E-state index is 10.2. The van der Waals surface area contributed by atoms with Gasteiger partial charge in [-0.3, -0.25) is 0 Å². The average molecular weight is 263 g/mol. The summed E-state index contributed by atoms with van der Waals surface area (Å²) in [5.74, 6) is 0.419. The summed E-state index contributed by atoms with van der Waals surface area (Å²) >= 11 is 0. The van der Waals surface area contributed by atoms with Crippen LogP contribution in [0.5, 0.6) is 0 Å². The molecule has 0 amide bonds. The van der Waals surface area contributed by atoms with E-state index in [2.05, 4.69) is 0 Å². The van der Waals surface area contributed by atoms with Crippen molar-refractivity contribution < 1.29 is 42.5 Å². The van der Waals surface area contributed by atoms with Gasteiger partial charge >= 0.3 is 29.6 Å². The molecule has 0 aromatic carbocycles. The Bertz CT molecular complexity index is 222. The molecule has 7 heteroatoms. The van der Waals surface area contributed by atoms with Gasteiger partial charge in [0.05, 0.1) is 0 Å². The Morgan fingerprint density at radius 1 is 1.00 bits per heavy atom. The van der Waals surface area contributed by atoms with E-state index in [-0.39, 0.29) is 29.6 Å². The number of rotatable bonds is 9. The van der Waals surface area contributed by atoms with E-state index < -0.39 is 9.15 Å². The van der Waals surface area contributed by atoms with Crippen LogP contribution in [0.2, 0.25) is 0 Å². The molecule has 0 bridgehead atoms. The Morgan fingerprint density at radius 3 is 1.93 bits per heavy atom. The molecule has 0 fully saturated rings. The van der Waals surface area contributed by atoms with Gasteiger partial charge in [-0.1, -0.05) is 25.7 Å². The molecular weight excluding hydrogens is 245 g/mol. The zero-order valence-electron chi connectivity index (χ0n) is 9.28. The maximum Gasteiger partial charge on any atom is 1.00 e. The molecule has 0 unspecified atom stereocenters. The van der Waals surface area contributed by atoms with E-state index in [1.165, 1.54) is 0 Å². The zero-order chi connectivity index (χ0) is 10.9. The molecule has 15 heavy (non-hydrogen) atoms. The van der Waals surface area contributed by atoms with Gasteiger partial charge in [0, 0.05) is 5.75 Å². The molecule has 2 N–H and O–H groups in total. The van der Waals surface area contributed by atoms with Gasteiger partial charge in [-0.25, -0.2) is 8.42 Å². The fourth-order valence-electron chi connectivity index (χ4n) is 1.11. The van der Waals surface area contributed by atoms with Gasteiger partial charge in [0.2, 0.25) is 0 Å². The maximum absolute atomic E-state index is 10.2. The number of nitrogens with two attached hydrogens (primary N) is 1. The van der Waals surface area contributed by atoms with E-state index in [0.29, 0.717) is 16.5 Å². The Hall–Kier alpha value is 1.22. The zero-order valence-corrected chi connectivity index (χ0v) is 12.9. The summed E-state index contributed by atoms with van der Waals surface area (Å²) in [5.41, 5.74) is 5.33. The fourth-order valence-corrected chi connectivity index (χ4v) is 2.61. The van der Waals surface area contributed by atoms with Crippen molar-refractivity contribution >= 4 is 19.9 Å². The number of unbranched alkanes of at least 4 members (excludes halogenated alkanes) is 5. The van der Waals surface area contributed by atoms with E-state index in [1.807, 2.05) is 0 Å². The molecular formula is C8H18NNaO3S2. The van der Waals surface area contributed by atoms with Crippen LogP contribution in [0.25, 0.3) is 0 Å². The van der Waals surface area contributed by atoms with Crippen LogP contribution in [0.15, 0.2) is 0 Å². The van der Waals surface area contributed by atoms with Crippen molar-refractivity contribution in [2.75, 3.05) is 12.3 Å². The summed E-state index contributed by atoms with van der Waals surface area (Å²) in [5, 5.41) is 0. The largest absolute Gasteiger partial charge is 1.00 e. The van der Waals surface area contributed by atoms with E-state index in [0.717, 1.165) is 45.1 Å². The first-order chi connectivity index (χ1) is 6.56. The minimum Gasteiger partial charge on any atom is -0.739 e. The summed E-state index contributed by atoms with van der Waals surface area (Å²) < 4.78 is 30.6. The third-order valence-electron chi connectivity index (χ3n) is 1.83. The van der Waals surface area contributed by atoms with E-state index in [4.69, 9.17) is 5.73 Å². The van der Waals surface area contributed by atoms with E-state index in [9.17, 15) is 13.0 Å². The smallest absolute Gasteiger partial charge is 0.739 e. The molecule has 0 atom stereocenters. The molecule has 0 aliphatic heterocycles. The number of hydrogen-bond acceptors (Lipinski definition) is 5. The minimum atomic E-state index is -4.08. The monoisotopic (exact) mass is 263 g/mol. The molecule has 4 nitrogen and oxygen atoms in total. The van der Waals surface area contributed by atoms with Crippen molar-refractivity contribution in [3.05, 3.63) is 0 Å². The molecule has 0 radical (unpaired) electrons. The molecule has 0 saturated carbocycles. The fraction of sp³-hybridized carbons (Fsp3) is 1.00. The third kappa shape index (κ3) is 17.8. The first-order valence-electron chi connectivity index (χ1n) is 4.86. The summed E-state index contributed by atoms with van der Waals surface area (Å²) in [4.78, 5) is 0. The SMILES string of the molecule is NCCCCCCCCSS(=O)(=O)[O-].[Na+]. The van der Waals surface area contributed by atoms with Crippen LogP contribution in [-0.4, -0.2) is 25.3 Å². The number of hydrogen-bond donors (Lipinski definition) is 1. The van der Waals surface area contributed by atoms with Gasteiger partial charge in [-0.2, -0.15) is 0 Å². The van der Waals surface area contributed by atoms with Gasteiger partial charge in [0.1, 0.15) is 9.15 Å². The van der Waals surface area contributed by atoms with Crippen molar-refractivity contribution in [2.24, 2.45) is 5.73 Å². The van der Waals surface area contributed by atoms with E-state index >= 15 is 0 Å². The van der Waals surface area contributed by atoms with Crippen molar-refractivity contribution in [2.45, 2.75) is 38.5 Å². The van der Waals surface area contributed by atoms with Crippen LogP contribution in [0.4, 0.5) is 0 Å². The van der Waals surface area contributed by atoms with Crippen LogP contribution in [0.3, 0.4) is 0 Å². The van der Waals surface area contributed by atoms with E-state index in [1.54, 1.807) is 0 Å². The molecule has 0 spiro atoms. The van der Waals surface area contributed by atoms with Crippen LogP contribution in [0.1, 0.15) is 38.5 Å². The molecule has 0 rings (SSSR count). The normalized spacial score (nSPS) is 11.1. The molecule has 0 saturated heterocycles. The van der Waals surface area contributed by atoms with Gasteiger partial charge in [0.15, 0.2) is 0 Å². The first kappa shape index (κ1) is 18.6. The first-order valence-corrected chi connectivity index (χ1v) is 7.77. The summed E-state index contributed by atoms with van der Waals surface area (Å²) in [7, 11) is -3.58. The molecule has 86 valence electrons. The van der Waals surface area contributed by atoms with Crippen LogP contribution in [-0.2, 0) is 9.15 Å². The summed E-state index contributed by atoms with van der Waals surface area (Å²) in [6.45, 7) is 0.740. The van der Waals surface area contributed by atoms with Crippen LogP contribution < -0.4 is 35.3 Å². The second-order valence-electron chi connectivity index (χ2n) is 3.14. The molecule has 0 aromatic heterocycles. The van der Waals surface area contributed by atoms with Crippen molar-refractivity contribution in [1.82, 2.24) is 0 Å². The quantitative estimate of drug-likeness (QED) is 0.236. The third-order valence-corrected chi connectivity index (χ3v) is 3.94. The van der Waals surface area contributed by atoms with Gasteiger partial charge in [0.25, 0.3) is 0 Å². The molecule has 0 aliphatic rings. The van der Waals surface area contributed by atoms with Crippen molar-refractivity contribution in [1.29, 1.82) is 0 Å². The predicted molar refractivity (Wildman–Crippen MR) is 58.9 cm³/mol. The molecule has 0 heterocycles. The topological polar surface area (TPSA) is 83.2 Å². The summed E-state index contributed by atoms with van der Waals surface area (Å²) in [6, 6.07) is 0. The summed E-state index contributed by atoms with van der Waals surface area (Å²) in [6.07, 6.45) is 6.24. The van der Waals surface area contributed by atoms with Crippen molar-refractivity contribution in [3.8, 4) is 0 Å². The Morgan fingerprint density at radius 2 is 1.47 bits per heavy atom. The van der Waals surface area contributed by atoms with Gasteiger partial charge < -0.3 is 10.3 Å². The average Bonchev–Trinajstić information content (AvgIpc) is 2.08. The standard InChI is InChI=1S/C8H19NO3S2.Na/c9-7-5-3-1-2-4-6-8-13-14(10,11)12;/h1-9H2,(H,10,11,12);/q;+1/p-1. The Balaban J connectivity index is 0. The Labute approximate surface area is 118 Å². The predicted octanol–water partition coefficient (Wildman–Crippen LogP) is -1.52. The molecule has 0 aliphatic carbocycles. The van der Waals surface area contributed by atoms with Gasteiger partial charge in [-0.15, -0.1) is 0 Å². The van der Waals surface area contributed by atoms with Crippen LogP contribution in [0, 0.1) is 0 Å². The van der Waals surface area contributed by atoms with Crippen molar-refractivity contribution in [3.63, 3.8) is 0 Å².